The van der Waals surface area contributed by atoms with Gasteiger partial charge in [-0.2, -0.15) is 0 Å². The Morgan fingerprint density at radius 2 is 1.68 bits per heavy atom. The lowest BCUT2D eigenvalue weighted by Crippen LogP contribution is -2.32. The molecule has 2 rings (SSSR count). The summed E-state index contributed by atoms with van der Waals surface area (Å²) in [7, 11) is -3.35. The Morgan fingerprint density at radius 3 is 2.28 bits per heavy atom. The normalized spacial score (nSPS) is 10.8. The quantitative estimate of drug-likeness (QED) is 0.659. The van der Waals surface area contributed by atoms with Crippen molar-refractivity contribution in [3.8, 4) is 0 Å². The molecule has 0 radical (unpaired) electrons. The summed E-state index contributed by atoms with van der Waals surface area (Å²) in [6.45, 7) is -0.186. The zero-order valence-electron chi connectivity index (χ0n) is 13.2. The molecule has 0 aliphatic rings. The smallest absolute Gasteiger partial charge is 0.251 e. The first-order chi connectivity index (χ1) is 11.7. The van der Waals surface area contributed by atoms with Crippen molar-refractivity contribution >= 4 is 49.1 Å². The third-order valence-corrected chi connectivity index (χ3v) is 4.07. The Balaban J connectivity index is 1.87. The van der Waals surface area contributed by atoms with Gasteiger partial charge < -0.3 is 10.6 Å². The Bertz CT molecular complexity index is 883. The van der Waals surface area contributed by atoms with Crippen molar-refractivity contribution in [1.82, 2.24) is 5.32 Å². The Labute approximate surface area is 154 Å². The summed E-state index contributed by atoms with van der Waals surface area (Å²) in [6.07, 6.45) is 1.05. The number of halogens is 1. The molecule has 0 heterocycles. The highest BCUT2D eigenvalue weighted by Crippen LogP contribution is 2.14. The molecule has 9 heteroatoms. The molecule has 0 atom stereocenters. The summed E-state index contributed by atoms with van der Waals surface area (Å²) in [5, 5.41) is 5.14. The third kappa shape index (κ3) is 6.55. The van der Waals surface area contributed by atoms with Crippen molar-refractivity contribution in [2.45, 2.75) is 0 Å². The highest BCUT2D eigenvalue weighted by atomic mass is 79.9. The molecule has 2 aromatic carbocycles. The van der Waals surface area contributed by atoms with Gasteiger partial charge in [0.05, 0.1) is 12.8 Å². The highest BCUT2D eigenvalue weighted by Gasteiger charge is 2.09. The number of amides is 2. The van der Waals surface area contributed by atoms with Crippen LogP contribution in [0.3, 0.4) is 0 Å². The number of hydrogen-bond donors (Lipinski definition) is 3. The van der Waals surface area contributed by atoms with Crippen molar-refractivity contribution in [3.63, 3.8) is 0 Å². The SMILES string of the molecule is CS(=O)(=O)Nc1ccc(NC(=O)CNC(=O)c2cccc(Br)c2)cc1. The lowest BCUT2D eigenvalue weighted by atomic mass is 10.2. The van der Waals surface area contributed by atoms with E-state index in [0.717, 1.165) is 10.7 Å². The Morgan fingerprint density at radius 1 is 1.04 bits per heavy atom. The van der Waals surface area contributed by atoms with E-state index < -0.39 is 15.9 Å². The number of carbonyl (C=O) groups excluding carboxylic acids is 2. The maximum atomic E-state index is 12.0. The van der Waals surface area contributed by atoms with Crippen LogP contribution in [0.25, 0.3) is 0 Å². The average Bonchev–Trinajstić information content (AvgIpc) is 2.53. The van der Waals surface area contributed by atoms with E-state index in [1.54, 1.807) is 36.4 Å². The molecule has 0 unspecified atom stereocenters. The van der Waals surface area contributed by atoms with E-state index in [-0.39, 0.29) is 12.5 Å². The van der Waals surface area contributed by atoms with E-state index in [4.69, 9.17) is 0 Å². The van der Waals surface area contributed by atoms with Gasteiger partial charge in [-0.25, -0.2) is 8.42 Å². The minimum Gasteiger partial charge on any atom is -0.343 e. The van der Waals surface area contributed by atoms with E-state index >= 15 is 0 Å². The van der Waals surface area contributed by atoms with Crippen LogP contribution in [0.1, 0.15) is 10.4 Å². The zero-order chi connectivity index (χ0) is 18.4. The molecule has 7 nitrogen and oxygen atoms in total. The van der Waals surface area contributed by atoms with Gasteiger partial charge >= 0.3 is 0 Å². The number of carbonyl (C=O) groups is 2. The number of benzene rings is 2. The van der Waals surface area contributed by atoms with E-state index in [0.29, 0.717) is 16.9 Å². The fraction of sp³-hybridized carbons (Fsp3) is 0.125. The minimum atomic E-state index is -3.35. The molecule has 0 aliphatic carbocycles. The standard InChI is InChI=1S/C16H16BrN3O4S/c1-25(23,24)20-14-7-5-13(6-8-14)19-15(21)10-18-16(22)11-3-2-4-12(17)9-11/h2-9,20H,10H2,1H3,(H,18,22)(H,19,21). The van der Waals surface area contributed by atoms with Crippen LogP contribution >= 0.6 is 15.9 Å². The maximum absolute atomic E-state index is 12.0. The summed E-state index contributed by atoms with van der Waals surface area (Å²) in [5.74, 6) is -0.753. The molecular formula is C16H16BrN3O4S. The van der Waals surface area contributed by atoms with Gasteiger partial charge in [0.1, 0.15) is 0 Å². The zero-order valence-corrected chi connectivity index (χ0v) is 15.6. The molecule has 0 saturated heterocycles. The van der Waals surface area contributed by atoms with Crippen molar-refractivity contribution in [1.29, 1.82) is 0 Å². The minimum absolute atomic E-state index is 0.186. The molecule has 3 N–H and O–H groups in total. The van der Waals surface area contributed by atoms with Gasteiger partial charge in [0, 0.05) is 21.4 Å². The number of anilines is 2. The van der Waals surface area contributed by atoms with Gasteiger partial charge in [-0.1, -0.05) is 22.0 Å². The Hall–Kier alpha value is -2.39. The predicted octanol–water partition coefficient (Wildman–Crippen LogP) is 2.19. The highest BCUT2D eigenvalue weighted by molar-refractivity contribution is 9.10. The largest absolute Gasteiger partial charge is 0.343 e. The second kappa shape index (κ2) is 8.13. The van der Waals surface area contributed by atoms with Gasteiger partial charge in [-0.3, -0.25) is 14.3 Å². The van der Waals surface area contributed by atoms with Crippen LogP contribution in [0.4, 0.5) is 11.4 Å². The summed E-state index contributed by atoms with van der Waals surface area (Å²) in [5.41, 5.74) is 1.32. The summed E-state index contributed by atoms with van der Waals surface area (Å²) in [4.78, 5) is 23.8. The fourth-order valence-corrected chi connectivity index (χ4v) is 2.90. The van der Waals surface area contributed by atoms with Crippen LogP contribution in [-0.4, -0.2) is 33.0 Å². The number of hydrogen-bond acceptors (Lipinski definition) is 4. The van der Waals surface area contributed by atoms with E-state index in [9.17, 15) is 18.0 Å². The molecule has 0 aliphatic heterocycles. The lowest BCUT2D eigenvalue weighted by Gasteiger charge is -2.08. The predicted molar refractivity (Wildman–Crippen MR) is 100 cm³/mol. The summed E-state index contributed by atoms with van der Waals surface area (Å²) >= 11 is 3.28. The molecule has 0 saturated carbocycles. The maximum Gasteiger partial charge on any atom is 0.251 e. The fourth-order valence-electron chi connectivity index (χ4n) is 1.93. The van der Waals surface area contributed by atoms with Gasteiger partial charge in [-0.05, 0) is 42.5 Å². The Kier molecular flexibility index (Phi) is 6.16. The molecule has 2 aromatic rings. The monoisotopic (exact) mass is 425 g/mol. The van der Waals surface area contributed by atoms with Crippen molar-refractivity contribution in [2.75, 3.05) is 22.8 Å². The van der Waals surface area contributed by atoms with Crippen LogP contribution in [0.5, 0.6) is 0 Å². The first-order valence-electron chi connectivity index (χ1n) is 7.14. The molecule has 0 aromatic heterocycles. The van der Waals surface area contributed by atoms with Gasteiger partial charge in [0.15, 0.2) is 0 Å². The first kappa shape index (κ1) is 18.9. The molecule has 0 fully saturated rings. The number of sulfonamides is 1. The summed E-state index contributed by atoms with van der Waals surface area (Å²) < 4.78 is 25.3. The molecule has 0 spiro atoms. The van der Waals surface area contributed by atoms with Crippen molar-refractivity contribution < 1.29 is 18.0 Å². The number of nitrogens with one attached hydrogen (secondary N) is 3. The van der Waals surface area contributed by atoms with Crippen molar-refractivity contribution in [3.05, 3.63) is 58.6 Å². The number of rotatable bonds is 6. The van der Waals surface area contributed by atoms with Crippen LogP contribution in [0.15, 0.2) is 53.0 Å². The third-order valence-electron chi connectivity index (χ3n) is 2.97. The first-order valence-corrected chi connectivity index (χ1v) is 9.83. The second-order valence-corrected chi connectivity index (χ2v) is 7.86. The van der Waals surface area contributed by atoms with E-state index in [2.05, 4.69) is 31.3 Å². The van der Waals surface area contributed by atoms with Gasteiger partial charge in [-0.15, -0.1) is 0 Å². The van der Waals surface area contributed by atoms with Crippen molar-refractivity contribution in [2.24, 2.45) is 0 Å². The van der Waals surface area contributed by atoms with Gasteiger partial charge in [0.25, 0.3) is 5.91 Å². The lowest BCUT2D eigenvalue weighted by molar-refractivity contribution is -0.115. The second-order valence-electron chi connectivity index (χ2n) is 5.19. The van der Waals surface area contributed by atoms with Crippen LogP contribution < -0.4 is 15.4 Å². The van der Waals surface area contributed by atoms with E-state index in [1.165, 1.54) is 12.1 Å². The van der Waals surface area contributed by atoms with Gasteiger partial charge in [0.2, 0.25) is 15.9 Å². The molecule has 25 heavy (non-hydrogen) atoms. The van der Waals surface area contributed by atoms with Crippen LogP contribution in [0, 0.1) is 0 Å². The topological polar surface area (TPSA) is 104 Å². The van der Waals surface area contributed by atoms with Crippen LogP contribution in [-0.2, 0) is 14.8 Å². The van der Waals surface area contributed by atoms with E-state index in [1.807, 2.05) is 0 Å². The summed E-state index contributed by atoms with van der Waals surface area (Å²) in [6, 6.07) is 13.0. The molecule has 132 valence electrons. The molecule has 0 bridgehead atoms. The average molecular weight is 426 g/mol. The molecular weight excluding hydrogens is 410 g/mol. The van der Waals surface area contributed by atoms with Crippen LogP contribution in [0.2, 0.25) is 0 Å². The molecule has 2 amide bonds.